The Bertz CT molecular complexity index is 1880. The van der Waals surface area contributed by atoms with Crippen molar-refractivity contribution in [1.29, 1.82) is 0 Å². The molecule has 264 valence electrons. The third kappa shape index (κ3) is 7.42. The number of rotatable bonds is 7. The molecule has 1 aliphatic carbocycles. The summed E-state index contributed by atoms with van der Waals surface area (Å²) >= 11 is 0. The molecule has 0 atom stereocenters. The Kier molecular flexibility index (Phi) is 9.50. The zero-order valence-corrected chi connectivity index (χ0v) is 32.4. The van der Waals surface area contributed by atoms with E-state index >= 15 is 0 Å². The highest BCUT2D eigenvalue weighted by Crippen LogP contribution is 2.41. The second-order valence-electron chi connectivity index (χ2n) is 17.6. The Balaban J connectivity index is 1.41. The molecule has 0 bridgehead atoms. The molecule has 3 aromatic rings. The zero-order valence-electron chi connectivity index (χ0n) is 31.6. The lowest BCUT2D eigenvalue weighted by Gasteiger charge is -2.37. The van der Waals surface area contributed by atoms with Gasteiger partial charge in [0.15, 0.2) is 0 Å². The van der Waals surface area contributed by atoms with Gasteiger partial charge in [0.25, 0.3) is 0 Å². The van der Waals surface area contributed by atoms with Gasteiger partial charge in [0, 0.05) is 33.1 Å². The molecule has 0 saturated heterocycles. The Labute approximate surface area is 296 Å². The van der Waals surface area contributed by atoms with Crippen LogP contribution in [0, 0.1) is 0 Å². The lowest BCUT2D eigenvalue weighted by molar-refractivity contribution is -0.129. The summed E-state index contributed by atoms with van der Waals surface area (Å²) in [7, 11) is -3.27. The average molecular weight is 683 g/mol. The number of sulfonamides is 1. The van der Waals surface area contributed by atoms with Gasteiger partial charge in [-0.1, -0.05) is 90.9 Å². The van der Waals surface area contributed by atoms with E-state index in [0.717, 1.165) is 37.8 Å². The molecule has 2 heterocycles. The van der Waals surface area contributed by atoms with Gasteiger partial charge in [0.2, 0.25) is 15.9 Å². The molecule has 3 aliphatic rings. The largest absolute Gasteiger partial charge is 0.338 e. The van der Waals surface area contributed by atoms with Crippen LogP contribution in [0.5, 0.6) is 0 Å². The molecule has 0 spiro atoms. The van der Waals surface area contributed by atoms with Crippen LogP contribution in [0.1, 0.15) is 129 Å². The first-order valence-electron chi connectivity index (χ1n) is 18.5. The monoisotopic (exact) mass is 682 g/mol. The normalized spacial score (nSPS) is 17.4. The van der Waals surface area contributed by atoms with Crippen LogP contribution >= 0.6 is 0 Å². The standard InChI is InChI=1S/C43H58N2O3S/c1-29(46)44-19-17-37-33(27-44)21-31(25-42(5,6)38-16-12-14-32-13-10-11-15-35(32)38)24-40(37)43(7,8)26-30-22-34-28-45(49(9,47)48)20-18-36(34)39(23-30)41(2,3)4/h12,14,16,21-24H,10-11,13,15,17-20,25-28H2,1-9H3. The van der Waals surface area contributed by atoms with Crippen LogP contribution in [0.3, 0.4) is 0 Å². The van der Waals surface area contributed by atoms with Crippen molar-refractivity contribution < 1.29 is 13.2 Å². The highest BCUT2D eigenvalue weighted by atomic mass is 32.2. The minimum absolute atomic E-state index is 0.0289. The van der Waals surface area contributed by atoms with Gasteiger partial charge in [-0.25, -0.2) is 8.42 Å². The van der Waals surface area contributed by atoms with E-state index < -0.39 is 10.0 Å². The fourth-order valence-corrected chi connectivity index (χ4v) is 9.96. The van der Waals surface area contributed by atoms with Crippen LogP contribution in [0.25, 0.3) is 0 Å². The molecule has 2 aliphatic heterocycles. The van der Waals surface area contributed by atoms with E-state index in [2.05, 4.69) is 90.9 Å². The van der Waals surface area contributed by atoms with E-state index in [0.29, 0.717) is 19.6 Å². The summed E-state index contributed by atoms with van der Waals surface area (Å²) in [5.41, 5.74) is 14.8. The van der Waals surface area contributed by atoms with Gasteiger partial charge >= 0.3 is 0 Å². The summed E-state index contributed by atoms with van der Waals surface area (Å²) in [6, 6.07) is 16.5. The van der Waals surface area contributed by atoms with Crippen molar-refractivity contribution in [3.05, 3.63) is 104 Å². The fraction of sp³-hybridized carbons (Fsp3) is 0.558. The van der Waals surface area contributed by atoms with Crippen LogP contribution in [0.2, 0.25) is 0 Å². The van der Waals surface area contributed by atoms with Gasteiger partial charge in [0.05, 0.1) is 6.26 Å². The minimum atomic E-state index is -3.27. The van der Waals surface area contributed by atoms with Gasteiger partial charge in [-0.05, 0) is 129 Å². The maximum Gasteiger partial charge on any atom is 0.219 e. The molecular weight excluding hydrogens is 625 g/mol. The van der Waals surface area contributed by atoms with Crippen LogP contribution < -0.4 is 0 Å². The van der Waals surface area contributed by atoms with Crippen LogP contribution in [-0.4, -0.2) is 42.9 Å². The molecule has 0 fully saturated rings. The highest BCUT2D eigenvalue weighted by molar-refractivity contribution is 7.88. The SMILES string of the molecule is CC(=O)N1CCc2c(cc(CC(C)(C)c3cccc4c3CCCC4)cc2C(C)(C)Cc2cc3c(c(C(C)(C)C)c2)CCN(S(C)(=O)=O)C3)C1. The molecule has 6 rings (SSSR count). The lowest BCUT2D eigenvalue weighted by Crippen LogP contribution is -2.37. The summed E-state index contributed by atoms with van der Waals surface area (Å²) in [5.74, 6) is 0.139. The highest BCUT2D eigenvalue weighted by Gasteiger charge is 2.34. The summed E-state index contributed by atoms with van der Waals surface area (Å²) in [6.07, 6.45) is 9.64. The third-order valence-electron chi connectivity index (χ3n) is 11.6. The van der Waals surface area contributed by atoms with Crippen molar-refractivity contribution in [2.45, 2.75) is 136 Å². The van der Waals surface area contributed by atoms with E-state index in [4.69, 9.17) is 0 Å². The van der Waals surface area contributed by atoms with Crippen molar-refractivity contribution in [3.63, 3.8) is 0 Å². The summed E-state index contributed by atoms with van der Waals surface area (Å²) in [4.78, 5) is 14.6. The molecule has 3 aromatic carbocycles. The first-order chi connectivity index (χ1) is 22.8. The van der Waals surface area contributed by atoms with Crippen molar-refractivity contribution >= 4 is 15.9 Å². The third-order valence-corrected chi connectivity index (χ3v) is 12.9. The molecule has 0 aromatic heterocycles. The number of hydrogen-bond acceptors (Lipinski definition) is 3. The number of carbonyl (C=O) groups excluding carboxylic acids is 1. The summed E-state index contributed by atoms with van der Waals surface area (Å²) < 4.78 is 26.8. The predicted octanol–water partition coefficient (Wildman–Crippen LogP) is 8.13. The quantitative estimate of drug-likeness (QED) is 0.253. The van der Waals surface area contributed by atoms with E-state index in [-0.39, 0.29) is 22.2 Å². The van der Waals surface area contributed by atoms with E-state index in [1.807, 2.05) is 4.90 Å². The van der Waals surface area contributed by atoms with Gasteiger partial charge in [-0.15, -0.1) is 0 Å². The zero-order chi connectivity index (χ0) is 35.5. The van der Waals surface area contributed by atoms with Crippen LogP contribution in [0.15, 0.2) is 42.5 Å². The lowest BCUT2D eigenvalue weighted by atomic mass is 9.70. The average Bonchev–Trinajstić information content (AvgIpc) is 3.01. The van der Waals surface area contributed by atoms with E-state index in [1.165, 1.54) is 82.0 Å². The predicted molar refractivity (Wildman–Crippen MR) is 202 cm³/mol. The molecule has 0 radical (unpaired) electrons. The molecular formula is C43H58N2O3S. The maximum absolute atomic E-state index is 12.6. The molecule has 0 unspecified atom stereocenters. The number of fused-ring (bicyclic) bond motifs is 3. The first kappa shape index (κ1) is 35.9. The maximum atomic E-state index is 12.6. The number of nitrogens with zero attached hydrogens (tertiary/aromatic N) is 2. The number of hydrogen-bond donors (Lipinski definition) is 0. The Morgan fingerprint density at radius 2 is 1.22 bits per heavy atom. The Morgan fingerprint density at radius 3 is 1.86 bits per heavy atom. The fourth-order valence-electron chi connectivity index (χ4n) is 9.16. The van der Waals surface area contributed by atoms with Crippen molar-refractivity contribution in [3.8, 4) is 0 Å². The topological polar surface area (TPSA) is 57.7 Å². The van der Waals surface area contributed by atoms with Gasteiger partial charge in [-0.2, -0.15) is 4.31 Å². The first-order valence-corrected chi connectivity index (χ1v) is 20.3. The second-order valence-corrected chi connectivity index (χ2v) is 19.6. The number of aryl methyl sites for hydroxylation is 1. The van der Waals surface area contributed by atoms with Gasteiger partial charge in [-0.3, -0.25) is 4.79 Å². The molecule has 5 nitrogen and oxygen atoms in total. The van der Waals surface area contributed by atoms with Gasteiger partial charge < -0.3 is 4.90 Å². The van der Waals surface area contributed by atoms with E-state index in [1.54, 1.807) is 16.8 Å². The summed E-state index contributed by atoms with van der Waals surface area (Å²) in [5, 5.41) is 0. The van der Waals surface area contributed by atoms with Crippen molar-refractivity contribution in [1.82, 2.24) is 9.21 Å². The van der Waals surface area contributed by atoms with Crippen molar-refractivity contribution in [2.24, 2.45) is 0 Å². The van der Waals surface area contributed by atoms with E-state index in [9.17, 15) is 13.2 Å². The van der Waals surface area contributed by atoms with Crippen LogP contribution in [0.4, 0.5) is 0 Å². The number of benzene rings is 3. The molecule has 0 N–H and O–H groups in total. The Morgan fingerprint density at radius 1 is 0.673 bits per heavy atom. The second kappa shape index (κ2) is 13.0. The number of amides is 1. The van der Waals surface area contributed by atoms with Crippen molar-refractivity contribution in [2.75, 3.05) is 19.3 Å². The minimum Gasteiger partial charge on any atom is -0.338 e. The molecule has 49 heavy (non-hydrogen) atoms. The van der Waals surface area contributed by atoms with Crippen LogP contribution in [-0.2, 0) is 82.7 Å². The smallest absolute Gasteiger partial charge is 0.219 e. The molecule has 6 heteroatoms. The molecule has 1 amide bonds. The number of carbonyl (C=O) groups is 1. The summed E-state index contributed by atoms with van der Waals surface area (Å²) in [6.45, 7) is 20.5. The Hall–Kier alpha value is -2.96. The molecule has 0 saturated carbocycles. The van der Waals surface area contributed by atoms with Gasteiger partial charge in [0.1, 0.15) is 0 Å².